The van der Waals surface area contributed by atoms with Crippen molar-refractivity contribution < 1.29 is 0 Å². The lowest BCUT2D eigenvalue weighted by Gasteiger charge is -2.27. The highest BCUT2D eigenvalue weighted by Gasteiger charge is 2.19. The van der Waals surface area contributed by atoms with E-state index in [1.807, 2.05) is 6.07 Å². The van der Waals surface area contributed by atoms with Gasteiger partial charge in [-0.1, -0.05) is 39.3 Å². The van der Waals surface area contributed by atoms with E-state index in [-0.39, 0.29) is 5.41 Å². The van der Waals surface area contributed by atoms with Gasteiger partial charge in [0.1, 0.15) is 5.82 Å². The molecule has 1 unspecified atom stereocenters. The zero-order chi connectivity index (χ0) is 12.3. The molecule has 1 atom stereocenters. The molecule has 4 heteroatoms. The minimum Gasteiger partial charge on any atom is -0.369 e. The Hall–Kier alpha value is -0.280. The molecule has 1 aromatic rings. The highest BCUT2D eigenvalue weighted by molar-refractivity contribution is 9.10. The fourth-order valence-electron chi connectivity index (χ4n) is 1.10. The van der Waals surface area contributed by atoms with Gasteiger partial charge in [-0.2, -0.15) is 0 Å². The van der Waals surface area contributed by atoms with Crippen molar-refractivity contribution in [2.24, 2.45) is 11.3 Å². The Kier molecular flexibility index (Phi) is 4.62. The zero-order valence-corrected chi connectivity index (χ0v) is 12.5. The van der Waals surface area contributed by atoms with Crippen molar-refractivity contribution in [1.29, 1.82) is 0 Å². The molecule has 0 saturated carbocycles. The van der Waals surface area contributed by atoms with Crippen molar-refractivity contribution in [1.82, 2.24) is 4.98 Å². The molecule has 0 amide bonds. The molecule has 0 aromatic carbocycles. The van der Waals surface area contributed by atoms with Crippen LogP contribution in [-0.4, -0.2) is 11.5 Å². The molecule has 16 heavy (non-hydrogen) atoms. The van der Waals surface area contributed by atoms with E-state index in [0.29, 0.717) is 10.9 Å². The van der Waals surface area contributed by atoms with Crippen molar-refractivity contribution in [3.8, 4) is 0 Å². The van der Waals surface area contributed by atoms with Crippen molar-refractivity contribution >= 4 is 33.3 Å². The van der Waals surface area contributed by atoms with Crippen LogP contribution in [0.3, 0.4) is 0 Å². The summed E-state index contributed by atoms with van der Waals surface area (Å²) in [6.07, 6.45) is 1.75. The molecule has 0 fully saturated rings. The fraction of sp³-hybridized carbons (Fsp3) is 0.583. The predicted octanol–water partition coefficient (Wildman–Crippen LogP) is 4.59. The minimum atomic E-state index is 0.287. The van der Waals surface area contributed by atoms with Gasteiger partial charge in [-0.3, -0.25) is 0 Å². The average Bonchev–Trinajstić information content (AvgIpc) is 2.14. The Morgan fingerprint density at radius 1 is 1.50 bits per heavy atom. The Balaban J connectivity index is 2.62. The summed E-state index contributed by atoms with van der Waals surface area (Å²) >= 11 is 9.41. The fourth-order valence-corrected chi connectivity index (χ4v) is 1.80. The molecule has 0 spiro atoms. The maximum Gasteiger partial charge on any atom is 0.144 e. The van der Waals surface area contributed by atoms with Crippen molar-refractivity contribution in [3.63, 3.8) is 0 Å². The minimum absolute atomic E-state index is 0.287. The first kappa shape index (κ1) is 13.8. The molecular formula is C12H18BrClN2. The first-order valence-electron chi connectivity index (χ1n) is 5.35. The SMILES string of the molecule is CC(CNc1ncc(Br)cc1Cl)C(C)(C)C. The number of rotatable bonds is 3. The summed E-state index contributed by atoms with van der Waals surface area (Å²) in [7, 11) is 0. The van der Waals surface area contributed by atoms with Crippen LogP contribution >= 0.6 is 27.5 Å². The lowest BCUT2D eigenvalue weighted by atomic mass is 9.82. The molecule has 0 aliphatic rings. The summed E-state index contributed by atoms with van der Waals surface area (Å²) in [4.78, 5) is 4.24. The molecule has 0 bridgehead atoms. The van der Waals surface area contributed by atoms with Crippen molar-refractivity contribution in [2.45, 2.75) is 27.7 Å². The number of pyridine rings is 1. The van der Waals surface area contributed by atoms with Crippen LogP contribution in [0, 0.1) is 11.3 Å². The third kappa shape index (κ3) is 3.95. The van der Waals surface area contributed by atoms with Gasteiger partial charge in [0.15, 0.2) is 0 Å². The molecule has 2 nitrogen and oxygen atoms in total. The van der Waals surface area contributed by atoms with Crippen LogP contribution in [0.4, 0.5) is 5.82 Å². The number of aromatic nitrogens is 1. The molecule has 0 aliphatic heterocycles. The number of hydrogen-bond acceptors (Lipinski definition) is 2. The average molecular weight is 306 g/mol. The second-order valence-electron chi connectivity index (χ2n) is 5.13. The highest BCUT2D eigenvalue weighted by Crippen LogP contribution is 2.27. The largest absolute Gasteiger partial charge is 0.369 e. The van der Waals surface area contributed by atoms with Gasteiger partial charge in [0.2, 0.25) is 0 Å². The molecular weight excluding hydrogens is 288 g/mol. The third-order valence-electron chi connectivity index (χ3n) is 2.86. The van der Waals surface area contributed by atoms with Crippen LogP contribution in [0.1, 0.15) is 27.7 Å². The predicted molar refractivity (Wildman–Crippen MR) is 74.1 cm³/mol. The van der Waals surface area contributed by atoms with Crippen LogP contribution in [0.2, 0.25) is 5.02 Å². The summed E-state index contributed by atoms with van der Waals surface area (Å²) in [5.41, 5.74) is 0.287. The number of hydrogen-bond donors (Lipinski definition) is 1. The first-order chi connectivity index (χ1) is 7.30. The van der Waals surface area contributed by atoms with Crippen LogP contribution in [0.15, 0.2) is 16.7 Å². The Bertz CT molecular complexity index is 361. The van der Waals surface area contributed by atoms with Crippen molar-refractivity contribution in [2.75, 3.05) is 11.9 Å². The molecule has 1 rings (SSSR count). The second kappa shape index (κ2) is 5.37. The maximum atomic E-state index is 6.07. The van der Waals surface area contributed by atoms with E-state index in [2.05, 4.69) is 53.9 Å². The molecule has 0 aliphatic carbocycles. The number of anilines is 1. The van der Waals surface area contributed by atoms with E-state index in [9.17, 15) is 0 Å². The zero-order valence-electron chi connectivity index (χ0n) is 10.1. The van der Waals surface area contributed by atoms with Gasteiger partial charge < -0.3 is 5.32 Å². The number of halogens is 2. The molecule has 1 heterocycles. The van der Waals surface area contributed by atoms with E-state index < -0.39 is 0 Å². The lowest BCUT2D eigenvalue weighted by Crippen LogP contribution is -2.25. The molecule has 1 N–H and O–H groups in total. The standard InChI is InChI=1S/C12H18BrClN2/c1-8(12(2,3)4)6-15-11-10(14)5-9(13)7-16-11/h5,7-8H,6H2,1-4H3,(H,15,16). The summed E-state index contributed by atoms with van der Waals surface area (Å²) in [6.45, 7) is 9.79. The number of nitrogens with zero attached hydrogens (tertiary/aromatic N) is 1. The van der Waals surface area contributed by atoms with Crippen LogP contribution in [0.25, 0.3) is 0 Å². The van der Waals surface area contributed by atoms with Crippen LogP contribution in [0.5, 0.6) is 0 Å². The van der Waals surface area contributed by atoms with Gasteiger partial charge in [0, 0.05) is 17.2 Å². The third-order valence-corrected chi connectivity index (χ3v) is 3.58. The van der Waals surface area contributed by atoms with Crippen molar-refractivity contribution in [3.05, 3.63) is 21.8 Å². The van der Waals surface area contributed by atoms with E-state index in [1.165, 1.54) is 0 Å². The summed E-state index contributed by atoms with van der Waals surface area (Å²) in [5.74, 6) is 1.30. The van der Waals surface area contributed by atoms with E-state index >= 15 is 0 Å². The van der Waals surface area contributed by atoms with Gasteiger partial charge in [-0.05, 0) is 33.3 Å². The molecule has 90 valence electrons. The second-order valence-corrected chi connectivity index (χ2v) is 6.45. The highest BCUT2D eigenvalue weighted by atomic mass is 79.9. The topological polar surface area (TPSA) is 24.9 Å². The van der Waals surface area contributed by atoms with Crippen LogP contribution in [-0.2, 0) is 0 Å². The van der Waals surface area contributed by atoms with Gasteiger partial charge in [-0.25, -0.2) is 4.98 Å². The van der Waals surface area contributed by atoms with E-state index in [0.717, 1.165) is 16.8 Å². The first-order valence-corrected chi connectivity index (χ1v) is 6.52. The quantitative estimate of drug-likeness (QED) is 0.883. The lowest BCUT2D eigenvalue weighted by molar-refractivity contribution is 0.274. The Labute approximate surface area is 111 Å². The van der Waals surface area contributed by atoms with Crippen LogP contribution < -0.4 is 5.32 Å². The van der Waals surface area contributed by atoms with Gasteiger partial charge in [-0.15, -0.1) is 0 Å². The normalized spacial score (nSPS) is 13.6. The Morgan fingerprint density at radius 3 is 2.62 bits per heavy atom. The Morgan fingerprint density at radius 2 is 2.12 bits per heavy atom. The van der Waals surface area contributed by atoms with Gasteiger partial charge in [0.25, 0.3) is 0 Å². The van der Waals surface area contributed by atoms with Gasteiger partial charge in [0.05, 0.1) is 5.02 Å². The van der Waals surface area contributed by atoms with Gasteiger partial charge >= 0.3 is 0 Å². The maximum absolute atomic E-state index is 6.07. The molecule has 0 saturated heterocycles. The smallest absolute Gasteiger partial charge is 0.144 e. The summed E-state index contributed by atoms with van der Waals surface area (Å²) in [6, 6.07) is 1.85. The molecule has 0 radical (unpaired) electrons. The summed E-state index contributed by atoms with van der Waals surface area (Å²) in [5, 5.41) is 3.93. The number of nitrogens with one attached hydrogen (secondary N) is 1. The molecule has 1 aromatic heterocycles. The monoisotopic (exact) mass is 304 g/mol. The van der Waals surface area contributed by atoms with E-state index in [1.54, 1.807) is 6.20 Å². The summed E-state index contributed by atoms with van der Waals surface area (Å²) < 4.78 is 0.895. The van der Waals surface area contributed by atoms with E-state index in [4.69, 9.17) is 11.6 Å².